The summed E-state index contributed by atoms with van der Waals surface area (Å²) < 4.78 is 4.91. The topological polar surface area (TPSA) is 80.3 Å². The summed E-state index contributed by atoms with van der Waals surface area (Å²) in [5.74, 6) is -0.112. The SMILES string of the molecule is CCOC(=O)c1nc(NCC(=O)NCC(C)C)sc1C. The number of nitrogens with zero attached hydrogens (tertiary/aromatic N) is 1. The van der Waals surface area contributed by atoms with E-state index in [-0.39, 0.29) is 12.5 Å². The molecule has 1 heterocycles. The number of rotatable bonds is 7. The van der Waals surface area contributed by atoms with Gasteiger partial charge in [0.1, 0.15) is 0 Å². The predicted molar refractivity (Wildman–Crippen MR) is 79.1 cm³/mol. The summed E-state index contributed by atoms with van der Waals surface area (Å²) in [5, 5.41) is 6.26. The third-order valence-electron chi connectivity index (χ3n) is 2.37. The summed E-state index contributed by atoms with van der Waals surface area (Å²) in [7, 11) is 0. The van der Waals surface area contributed by atoms with Gasteiger partial charge in [-0.25, -0.2) is 9.78 Å². The summed E-state index contributed by atoms with van der Waals surface area (Å²) in [5.41, 5.74) is 0.307. The van der Waals surface area contributed by atoms with Gasteiger partial charge in [-0.3, -0.25) is 4.79 Å². The molecule has 1 aromatic heterocycles. The lowest BCUT2D eigenvalue weighted by atomic mass is 10.2. The number of aryl methyl sites for hydroxylation is 1. The third-order valence-corrected chi connectivity index (χ3v) is 3.30. The predicted octanol–water partition coefficient (Wildman–Crippen LogP) is 1.81. The summed E-state index contributed by atoms with van der Waals surface area (Å²) in [4.78, 5) is 28.1. The molecule has 0 bridgehead atoms. The molecule has 0 fully saturated rings. The fourth-order valence-corrected chi connectivity index (χ4v) is 2.19. The van der Waals surface area contributed by atoms with Gasteiger partial charge in [-0.05, 0) is 19.8 Å². The van der Waals surface area contributed by atoms with Gasteiger partial charge in [-0.15, -0.1) is 11.3 Å². The van der Waals surface area contributed by atoms with E-state index in [1.807, 2.05) is 13.8 Å². The molecule has 0 aliphatic heterocycles. The first-order valence-corrected chi connectivity index (χ1v) is 7.40. The van der Waals surface area contributed by atoms with Crippen LogP contribution in [0.3, 0.4) is 0 Å². The molecular weight excluding hydrogens is 278 g/mol. The van der Waals surface area contributed by atoms with Crippen LogP contribution in [-0.2, 0) is 9.53 Å². The van der Waals surface area contributed by atoms with E-state index in [9.17, 15) is 9.59 Å². The number of hydrogen-bond donors (Lipinski definition) is 2. The highest BCUT2D eigenvalue weighted by Gasteiger charge is 2.16. The molecule has 2 N–H and O–H groups in total. The lowest BCUT2D eigenvalue weighted by Gasteiger charge is -2.07. The summed E-state index contributed by atoms with van der Waals surface area (Å²) in [6.07, 6.45) is 0. The van der Waals surface area contributed by atoms with Crippen LogP contribution >= 0.6 is 11.3 Å². The van der Waals surface area contributed by atoms with Crippen molar-refractivity contribution in [3.05, 3.63) is 10.6 Å². The lowest BCUT2D eigenvalue weighted by Crippen LogP contribution is -2.32. The van der Waals surface area contributed by atoms with Gasteiger partial charge in [0.15, 0.2) is 10.8 Å². The van der Waals surface area contributed by atoms with Crippen LogP contribution in [0.5, 0.6) is 0 Å². The number of amides is 1. The molecule has 7 heteroatoms. The second-order valence-electron chi connectivity index (χ2n) is 4.70. The molecular formula is C13H21N3O3S. The normalized spacial score (nSPS) is 10.4. The zero-order valence-electron chi connectivity index (χ0n) is 12.3. The molecule has 1 aromatic rings. The fourth-order valence-electron chi connectivity index (χ4n) is 1.40. The molecule has 0 radical (unpaired) electrons. The molecule has 0 saturated carbocycles. The zero-order valence-corrected chi connectivity index (χ0v) is 13.1. The van der Waals surface area contributed by atoms with E-state index >= 15 is 0 Å². The van der Waals surface area contributed by atoms with E-state index in [1.165, 1.54) is 11.3 Å². The Morgan fingerprint density at radius 1 is 1.40 bits per heavy atom. The minimum absolute atomic E-state index is 0.0933. The average molecular weight is 299 g/mol. The van der Waals surface area contributed by atoms with Crippen LogP contribution in [0.25, 0.3) is 0 Å². The first-order chi connectivity index (χ1) is 9.43. The van der Waals surface area contributed by atoms with Gasteiger partial charge < -0.3 is 15.4 Å². The molecule has 0 saturated heterocycles. The van der Waals surface area contributed by atoms with Crippen LogP contribution in [0.1, 0.15) is 36.1 Å². The number of hydrogen-bond acceptors (Lipinski definition) is 6. The molecule has 1 rings (SSSR count). The molecule has 6 nitrogen and oxygen atoms in total. The van der Waals surface area contributed by atoms with Crippen LogP contribution in [0, 0.1) is 12.8 Å². The van der Waals surface area contributed by atoms with E-state index in [4.69, 9.17) is 4.74 Å². The quantitative estimate of drug-likeness (QED) is 0.751. The monoisotopic (exact) mass is 299 g/mol. The molecule has 0 aromatic carbocycles. The Bertz CT molecular complexity index is 471. The van der Waals surface area contributed by atoms with Gasteiger partial charge in [0.2, 0.25) is 5.91 Å². The van der Waals surface area contributed by atoms with Crippen molar-refractivity contribution in [3.8, 4) is 0 Å². The highest BCUT2D eigenvalue weighted by molar-refractivity contribution is 7.15. The van der Waals surface area contributed by atoms with Crippen molar-refractivity contribution in [2.24, 2.45) is 5.92 Å². The molecule has 20 heavy (non-hydrogen) atoms. The van der Waals surface area contributed by atoms with Gasteiger partial charge in [-0.2, -0.15) is 0 Å². The number of carbonyl (C=O) groups excluding carboxylic acids is 2. The Hall–Kier alpha value is -1.63. The molecule has 1 amide bonds. The van der Waals surface area contributed by atoms with Crippen molar-refractivity contribution in [1.29, 1.82) is 0 Å². The zero-order chi connectivity index (χ0) is 15.1. The Balaban J connectivity index is 2.51. The molecule has 0 aliphatic carbocycles. The second-order valence-corrected chi connectivity index (χ2v) is 5.90. The molecule has 0 spiro atoms. The molecule has 112 valence electrons. The number of aromatic nitrogens is 1. The Morgan fingerprint density at radius 2 is 2.10 bits per heavy atom. The van der Waals surface area contributed by atoms with Crippen molar-refractivity contribution >= 4 is 28.3 Å². The summed E-state index contributed by atoms with van der Waals surface area (Å²) >= 11 is 1.33. The first kappa shape index (κ1) is 16.4. The number of esters is 1. The summed E-state index contributed by atoms with van der Waals surface area (Å²) in [6.45, 7) is 8.71. The van der Waals surface area contributed by atoms with Gasteiger partial charge in [0.25, 0.3) is 0 Å². The highest BCUT2D eigenvalue weighted by Crippen LogP contribution is 2.22. The highest BCUT2D eigenvalue weighted by atomic mass is 32.1. The van der Waals surface area contributed by atoms with Crippen molar-refractivity contribution in [2.45, 2.75) is 27.7 Å². The van der Waals surface area contributed by atoms with E-state index in [0.29, 0.717) is 29.9 Å². The molecule has 0 unspecified atom stereocenters. The van der Waals surface area contributed by atoms with Gasteiger partial charge in [0, 0.05) is 11.4 Å². The Kier molecular flexibility index (Phi) is 6.44. The minimum Gasteiger partial charge on any atom is -0.461 e. The summed E-state index contributed by atoms with van der Waals surface area (Å²) in [6, 6.07) is 0. The van der Waals surface area contributed by atoms with Gasteiger partial charge in [-0.1, -0.05) is 13.8 Å². The fraction of sp³-hybridized carbons (Fsp3) is 0.615. The Morgan fingerprint density at radius 3 is 2.70 bits per heavy atom. The maximum Gasteiger partial charge on any atom is 0.358 e. The largest absolute Gasteiger partial charge is 0.461 e. The lowest BCUT2D eigenvalue weighted by molar-refractivity contribution is -0.119. The van der Waals surface area contributed by atoms with Crippen LogP contribution < -0.4 is 10.6 Å². The smallest absolute Gasteiger partial charge is 0.358 e. The van der Waals surface area contributed by atoms with Crippen LogP contribution in [0.4, 0.5) is 5.13 Å². The van der Waals surface area contributed by atoms with Crippen LogP contribution in [0.2, 0.25) is 0 Å². The molecule has 0 aliphatic rings. The van der Waals surface area contributed by atoms with Crippen LogP contribution in [0.15, 0.2) is 0 Å². The van der Waals surface area contributed by atoms with Crippen molar-refractivity contribution < 1.29 is 14.3 Å². The second kappa shape index (κ2) is 7.84. The maximum atomic E-state index is 11.6. The number of anilines is 1. The van der Waals surface area contributed by atoms with Crippen molar-refractivity contribution in [3.63, 3.8) is 0 Å². The number of ether oxygens (including phenoxy) is 1. The number of carbonyl (C=O) groups is 2. The van der Waals surface area contributed by atoms with E-state index < -0.39 is 5.97 Å². The number of thiazole rings is 1. The average Bonchev–Trinajstić information content (AvgIpc) is 2.75. The number of nitrogens with one attached hydrogen (secondary N) is 2. The molecule has 0 atom stereocenters. The first-order valence-electron chi connectivity index (χ1n) is 6.59. The van der Waals surface area contributed by atoms with Gasteiger partial charge >= 0.3 is 5.97 Å². The van der Waals surface area contributed by atoms with Crippen LogP contribution in [-0.4, -0.2) is 36.6 Å². The van der Waals surface area contributed by atoms with Crippen molar-refractivity contribution in [1.82, 2.24) is 10.3 Å². The third kappa shape index (κ3) is 5.16. The maximum absolute atomic E-state index is 11.6. The minimum atomic E-state index is -0.432. The van der Waals surface area contributed by atoms with E-state index in [1.54, 1.807) is 13.8 Å². The Labute approximate surface area is 122 Å². The van der Waals surface area contributed by atoms with E-state index in [2.05, 4.69) is 15.6 Å². The standard InChI is InChI=1S/C13H21N3O3S/c1-5-19-12(18)11-9(4)20-13(16-11)15-7-10(17)14-6-8(2)3/h8H,5-7H2,1-4H3,(H,14,17)(H,15,16). The van der Waals surface area contributed by atoms with Crippen molar-refractivity contribution in [2.75, 3.05) is 25.0 Å². The van der Waals surface area contributed by atoms with E-state index in [0.717, 1.165) is 4.88 Å². The van der Waals surface area contributed by atoms with Gasteiger partial charge in [0.05, 0.1) is 13.2 Å².